The fourth-order valence-electron chi connectivity index (χ4n) is 2.64. The SMILES string of the molecule is Cc1cc(F)ccc1NC(=O)Cc1c(C)nn(CC(C)C)c1C. The first-order valence-corrected chi connectivity index (χ1v) is 7.86. The molecule has 0 radical (unpaired) electrons. The third kappa shape index (κ3) is 4.18. The zero-order valence-electron chi connectivity index (χ0n) is 14.4. The number of aromatic nitrogens is 2. The van der Waals surface area contributed by atoms with Crippen molar-refractivity contribution in [2.24, 2.45) is 5.92 Å². The lowest BCUT2D eigenvalue weighted by Crippen LogP contribution is -2.16. The van der Waals surface area contributed by atoms with Gasteiger partial charge in [-0.25, -0.2) is 4.39 Å². The predicted octanol–water partition coefficient (Wildman–Crippen LogP) is 3.78. The van der Waals surface area contributed by atoms with E-state index in [9.17, 15) is 9.18 Å². The first-order valence-electron chi connectivity index (χ1n) is 7.86. The second-order valence-electron chi connectivity index (χ2n) is 6.41. The molecule has 0 saturated carbocycles. The smallest absolute Gasteiger partial charge is 0.228 e. The molecule has 0 aliphatic carbocycles. The maximum atomic E-state index is 13.1. The number of nitrogens with one attached hydrogen (secondary N) is 1. The van der Waals surface area contributed by atoms with Crippen molar-refractivity contribution in [3.05, 3.63) is 46.5 Å². The first kappa shape index (κ1) is 17.2. The van der Waals surface area contributed by atoms with E-state index in [1.54, 1.807) is 13.0 Å². The van der Waals surface area contributed by atoms with Crippen molar-refractivity contribution in [2.45, 2.75) is 47.6 Å². The van der Waals surface area contributed by atoms with Crippen molar-refractivity contribution >= 4 is 11.6 Å². The largest absolute Gasteiger partial charge is 0.326 e. The van der Waals surface area contributed by atoms with Gasteiger partial charge < -0.3 is 5.32 Å². The maximum absolute atomic E-state index is 13.1. The first-order chi connectivity index (χ1) is 10.8. The van der Waals surface area contributed by atoms with Crippen LogP contribution < -0.4 is 5.32 Å². The van der Waals surface area contributed by atoms with E-state index >= 15 is 0 Å². The molecule has 4 nitrogen and oxygen atoms in total. The topological polar surface area (TPSA) is 46.9 Å². The van der Waals surface area contributed by atoms with E-state index in [1.165, 1.54) is 12.1 Å². The number of anilines is 1. The maximum Gasteiger partial charge on any atom is 0.228 e. The van der Waals surface area contributed by atoms with E-state index in [0.717, 1.165) is 23.5 Å². The molecular formula is C18H24FN3O. The molecule has 5 heteroatoms. The lowest BCUT2D eigenvalue weighted by molar-refractivity contribution is -0.115. The van der Waals surface area contributed by atoms with Crippen LogP contribution in [-0.4, -0.2) is 15.7 Å². The van der Waals surface area contributed by atoms with Crippen LogP contribution in [0.3, 0.4) is 0 Å². The predicted molar refractivity (Wildman–Crippen MR) is 90.0 cm³/mol. The minimum Gasteiger partial charge on any atom is -0.326 e. The number of hydrogen-bond donors (Lipinski definition) is 1. The molecule has 23 heavy (non-hydrogen) atoms. The molecule has 1 heterocycles. The highest BCUT2D eigenvalue weighted by Crippen LogP contribution is 2.18. The Morgan fingerprint density at radius 2 is 2.00 bits per heavy atom. The van der Waals surface area contributed by atoms with Crippen LogP contribution in [0.4, 0.5) is 10.1 Å². The molecule has 0 aliphatic heterocycles. The second-order valence-corrected chi connectivity index (χ2v) is 6.41. The Labute approximate surface area is 136 Å². The number of rotatable bonds is 5. The minimum absolute atomic E-state index is 0.116. The molecular weight excluding hydrogens is 293 g/mol. The van der Waals surface area contributed by atoms with Crippen molar-refractivity contribution in [3.63, 3.8) is 0 Å². The van der Waals surface area contributed by atoms with Gasteiger partial charge in [0.25, 0.3) is 0 Å². The molecule has 124 valence electrons. The summed E-state index contributed by atoms with van der Waals surface area (Å²) in [4.78, 5) is 12.3. The van der Waals surface area contributed by atoms with Gasteiger partial charge in [0.05, 0.1) is 12.1 Å². The minimum atomic E-state index is -0.304. The molecule has 0 fully saturated rings. The molecule has 0 atom stereocenters. The van der Waals surface area contributed by atoms with Crippen LogP contribution in [0, 0.1) is 32.5 Å². The quantitative estimate of drug-likeness (QED) is 0.912. The van der Waals surface area contributed by atoms with Gasteiger partial charge in [0.1, 0.15) is 5.82 Å². The molecule has 1 N–H and O–H groups in total. The van der Waals surface area contributed by atoms with Crippen LogP contribution in [0.1, 0.15) is 36.4 Å². The Morgan fingerprint density at radius 1 is 1.30 bits per heavy atom. The number of aryl methyl sites for hydroxylation is 2. The van der Waals surface area contributed by atoms with E-state index in [1.807, 2.05) is 18.5 Å². The normalized spacial score (nSPS) is 11.1. The Hall–Kier alpha value is -2.17. The summed E-state index contributed by atoms with van der Waals surface area (Å²) in [6.07, 6.45) is 0.270. The van der Waals surface area contributed by atoms with Gasteiger partial charge in [0.2, 0.25) is 5.91 Å². The van der Waals surface area contributed by atoms with Gasteiger partial charge in [-0.05, 0) is 50.5 Å². The monoisotopic (exact) mass is 317 g/mol. The van der Waals surface area contributed by atoms with Crippen LogP contribution in [0.25, 0.3) is 0 Å². The summed E-state index contributed by atoms with van der Waals surface area (Å²) in [6.45, 7) is 10.8. The third-order valence-electron chi connectivity index (χ3n) is 3.87. The van der Waals surface area contributed by atoms with Crippen LogP contribution >= 0.6 is 0 Å². The highest BCUT2D eigenvalue weighted by Gasteiger charge is 2.16. The van der Waals surface area contributed by atoms with E-state index in [0.29, 0.717) is 17.2 Å². The van der Waals surface area contributed by atoms with Crippen LogP contribution in [-0.2, 0) is 17.8 Å². The fraction of sp³-hybridized carbons (Fsp3) is 0.444. The van der Waals surface area contributed by atoms with Gasteiger partial charge >= 0.3 is 0 Å². The number of amides is 1. The summed E-state index contributed by atoms with van der Waals surface area (Å²) in [5.74, 6) is 0.0775. The summed E-state index contributed by atoms with van der Waals surface area (Å²) in [5, 5.41) is 7.37. The molecule has 0 spiro atoms. The number of halogens is 1. The summed E-state index contributed by atoms with van der Waals surface area (Å²) in [7, 11) is 0. The van der Waals surface area contributed by atoms with Crippen molar-refractivity contribution in [2.75, 3.05) is 5.32 Å². The zero-order chi connectivity index (χ0) is 17.1. The number of carbonyl (C=O) groups is 1. The molecule has 1 aromatic heterocycles. The van der Waals surface area contributed by atoms with E-state index < -0.39 is 0 Å². The molecule has 0 unspecified atom stereocenters. The van der Waals surface area contributed by atoms with Crippen molar-refractivity contribution in [1.29, 1.82) is 0 Å². The number of carbonyl (C=O) groups excluding carboxylic acids is 1. The molecule has 2 aromatic rings. The summed E-state index contributed by atoms with van der Waals surface area (Å²) in [5.41, 5.74) is 4.22. The molecule has 0 aliphatic rings. The van der Waals surface area contributed by atoms with Gasteiger partial charge in [0, 0.05) is 23.5 Å². The number of benzene rings is 1. The lowest BCUT2D eigenvalue weighted by Gasteiger charge is -2.10. The Bertz CT molecular complexity index is 719. The Morgan fingerprint density at radius 3 is 2.61 bits per heavy atom. The lowest BCUT2D eigenvalue weighted by atomic mass is 10.1. The highest BCUT2D eigenvalue weighted by molar-refractivity contribution is 5.93. The van der Waals surface area contributed by atoms with Gasteiger partial charge in [-0.1, -0.05) is 13.8 Å². The molecule has 0 bridgehead atoms. The summed E-state index contributed by atoms with van der Waals surface area (Å²) >= 11 is 0. The van der Waals surface area contributed by atoms with Gasteiger partial charge in [-0.3, -0.25) is 9.48 Å². The van der Waals surface area contributed by atoms with E-state index in [4.69, 9.17) is 0 Å². The molecule has 1 aromatic carbocycles. The molecule has 1 amide bonds. The van der Waals surface area contributed by atoms with Crippen molar-refractivity contribution in [1.82, 2.24) is 9.78 Å². The Balaban J connectivity index is 2.12. The standard InChI is InChI=1S/C18H24FN3O/c1-11(2)10-22-14(5)16(13(4)21-22)9-18(23)20-17-7-6-15(19)8-12(17)3/h6-8,11H,9-10H2,1-5H3,(H,20,23). The van der Waals surface area contributed by atoms with Crippen LogP contribution in [0.5, 0.6) is 0 Å². The van der Waals surface area contributed by atoms with Crippen LogP contribution in [0.15, 0.2) is 18.2 Å². The summed E-state index contributed by atoms with van der Waals surface area (Å²) in [6, 6.07) is 4.34. The Kier molecular flexibility index (Phi) is 5.19. The van der Waals surface area contributed by atoms with Crippen molar-refractivity contribution < 1.29 is 9.18 Å². The second kappa shape index (κ2) is 6.94. The summed E-state index contributed by atoms with van der Waals surface area (Å²) < 4.78 is 15.1. The van der Waals surface area contributed by atoms with E-state index in [2.05, 4.69) is 24.3 Å². The third-order valence-corrected chi connectivity index (χ3v) is 3.87. The van der Waals surface area contributed by atoms with Gasteiger partial charge in [-0.2, -0.15) is 5.10 Å². The van der Waals surface area contributed by atoms with Gasteiger partial charge in [-0.15, -0.1) is 0 Å². The van der Waals surface area contributed by atoms with Crippen molar-refractivity contribution in [3.8, 4) is 0 Å². The average Bonchev–Trinajstić information content (AvgIpc) is 2.69. The van der Waals surface area contributed by atoms with Gasteiger partial charge in [0.15, 0.2) is 0 Å². The highest BCUT2D eigenvalue weighted by atomic mass is 19.1. The molecule has 0 saturated heterocycles. The zero-order valence-corrected chi connectivity index (χ0v) is 14.4. The van der Waals surface area contributed by atoms with E-state index in [-0.39, 0.29) is 18.1 Å². The van der Waals surface area contributed by atoms with Crippen LogP contribution in [0.2, 0.25) is 0 Å². The molecule has 2 rings (SSSR count). The number of hydrogen-bond acceptors (Lipinski definition) is 2. The fourth-order valence-corrected chi connectivity index (χ4v) is 2.64. The number of nitrogens with zero attached hydrogens (tertiary/aromatic N) is 2. The average molecular weight is 317 g/mol.